The predicted molar refractivity (Wildman–Crippen MR) is 97.9 cm³/mol. The number of H-pyrrole nitrogens is 1. The minimum absolute atomic E-state index is 0.173. The van der Waals surface area contributed by atoms with Crippen molar-refractivity contribution in [2.45, 2.75) is 19.1 Å². The molecular weight excluding hydrogens is 336 g/mol. The largest absolute Gasteiger partial charge is 0.473 e. The van der Waals surface area contributed by atoms with Gasteiger partial charge in [-0.2, -0.15) is 11.8 Å². The second-order valence-corrected chi connectivity index (χ2v) is 7.02. The van der Waals surface area contributed by atoms with Gasteiger partial charge in [-0.05, 0) is 30.4 Å². The number of imidazole rings is 1. The maximum Gasteiger partial charge on any atom is 0.251 e. The zero-order chi connectivity index (χ0) is 17.1. The molecule has 0 aliphatic carbocycles. The first-order chi connectivity index (χ1) is 12.3. The van der Waals surface area contributed by atoms with Crippen molar-refractivity contribution in [2.24, 2.45) is 0 Å². The van der Waals surface area contributed by atoms with Crippen molar-refractivity contribution < 1.29 is 9.53 Å². The fourth-order valence-corrected chi connectivity index (χ4v) is 3.84. The Labute approximate surface area is 149 Å². The van der Waals surface area contributed by atoms with Crippen LogP contribution in [0.1, 0.15) is 22.6 Å². The molecule has 6 nitrogen and oxygen atoms in total. The van der Waals surface area contributed by atoms with Crippen LogP contribution in [0.5, 0.6) is 5.88 Å². The third-order valence-electron chi connectivity index (χ3n) is 4.03. The molecule has 3 aromatic rings. The molecule has 0 bridgehead atoms. The maximum atomic E-state index is 12.4. The van der Waals surface area contributed by atoms with Crippen molar-refractivity contribution in [1.82, 2.24) is 20.3 Å². The number of aromatic nitrogens is 3. The molecule has 1 saturated heterocycles. The molecule has 4 rings (SSSR count). The summed E-state index contributed by atoms with van der Waals surface area (Å²) in [6.45, 7) is 0.339. The molecule has 7 heteroatoms. The highest BCUT2D eigenvalue weighted by molar-refractivity contribution is 7.99. The lowest BCUT2D eigenvalue weighted by Gasteiger charge is -2.12. The Kier molecular flexibility index (Phi) is 4.56. The molecule has 0 radical (unpaired) electrons. The number of benzene rings is 1. The SMILES string of the molecule is O=C(NCc1nc2ccccc2[nH]1)c1ccnc(O[C@@H]2CCSC2)c1. The molecule has 0 saturated carbocycles. The fourth-order valence-electron chi connectivity index (χ4n) is 2.75. The third kappa shape index (κ3) is 3.76. The van der Waals surface area contributed by atoms with Crippen molar-refractivity contribution in [3.05, 3.63) is 54.0 Å². The molecule has 3 heterocycles. The van der Waals surface area contributed by atoms with Crippen LogP contribution in [0.3, 0.4) is 0 Å². The first kappa shape index (κ1) is 16.0. The Bertz CT molecular complexity index is 856. The number of hydrogen-bond donors (Lipinski definition) is 2. The lowest BCUT2D eigenvalue weighted by molar-refractivity contribution is 0.0949. The van der Waals surface area contributed by atoms with E-state index < -0.39 is 0 Å². The van der Waals surface area contributed by atoms with Crippen molar-refractivity contribution in [3.8, 4) is 5.88 Å². The molecule has 1 aliphatic rings. The van der Waals surface area contributed by atoms with Crippen molar-refractivity contribution in [2.75, 3.05) is 11.5 Å². The van der Waals surface area contributed by atoms with E-state index in [1.807, 2.05) is 36.0 Å². The molecule has 2 N–H and O–H groups in total. The van der Waals surface area contributed by atoms with Gasteiger partial charge in [-0.25, -0.2) is 9.97 Å². The number of rotatable bonds is 5. The highest BCUT2D eigenvalue weighted by atomic mass is 32.2. The second-order valence-electron chi connectivity index (χ2n) is 5.87. The highest BCUT2D eigenvalue weighted by Crippen LogP contribution is 2.22. The van der Waals surface area contributed by atoms with Gasteiger partial charge in [0.15, 0.2) is 0 Å². The molecule has 0 spiro atoms. The van der Waals surface area contributed by atoms with E-state index in [1.165, 1.54) is 0 Å². The Morgan fingerprint density at radius 2 is 2.28 bits per heavy atom. The lowest BCUT2D eigenvalue weighted by Crippen LogP contribution is -2.23. The van der Waals surface area contributed by atoms with Gasteiger partial charge >= 0.3 is 0 Å². The van der Waals surface area contributed by atoms with Gasteiger partial charge in [-0.1, -0.05) is 12.1 Å². The molecule has 1 fully saturated rings. The second kappa shape index (κ2) is 7.14. The maximum absolute atomic E-state index is 12.4. The summed E-state index contributed by atoms with van der Waals surface area (Å²) in [5.41, 5.74) is 2.38. The Morgan fingerprint density at radius 3 is 3.12 bits per heavy atom. The molecular formula is C18H18N4O2S. The minimum Gasteiger partial charge on any atom is -0.473 e. The number of carbonyl (C=O) groups is 1. The minimum atomic E-state index is -0.173. The Balaban J connectivity index is 1.40. The van der Waals surface area contributed by atoms with Gasteiger partial charge in [-0.15, -0.1) is 0 Å². The monoisotopic (exact) mass is 354 g/mol. The number of nitrogens with zero attached hydrogens (tertiary/aromatic N) is 2. The number of fused-ring (bicyclic) bond motifs is 1. The molecule has 1 aliphatic heterocycles. The number of amides is 1. The van der Waals surface area contributed by atoms with Gasteiger partial charge in [0.05, 0.1) is 17.6 Å². The predicted octanol–water partition coefficient (Wildman–Crippen LogP) is 2.77. The summed E-state index contributed by atoms with van der Waals surface area (Å²) in [5, 5.41) is 2.88. The quantitative estimate of drug-likeness (QED) is 0.736. The first-order valence-corrected chi connectivity index (χ1v) is 9.36. The van der Waals surface area contributed by atoms with Crippen LogP contribution >= 0.6 is 11.8 Å². The average molecular weight is 354 g/mol. The number of carbonyl (C=O) groups excluding carboxylic acids is 1. The van der Waals surface area contributed by atoms with Crippen LogP contribution in [0.25, 0.3) is 11.0 Å². The molecule has 1 amide bonds. The van der Waals surface area contributed by atoms with Crippen LogP contribution in [0.15, 0.2) is 42.6 Å². The summed E-state index contributed by atoms with van der Waals surface area (Å²) in [7, 11) is 0. The smallest absolute Gasteiger partial charge is 0.251 e. The summed E-state index contributed by atoms with van der Waals surface area (Å²) in [5.74, 6) is 3.15. The summed E-state index contributed by atoms with van der Waals surface area (Å²) >= 11 is 1.88. The summed E-state index contributed by atoms with van der Waals surface area (Å²) < 4.78 is 5.84. The first-order valence-electron chi connectivity index (χ1n) is 8.20. The van der Waals surface area contributed by atoms with Crippen molar-refractivity contribution in [3.63, 3.8) is 0 Å². The molecule has 1 atom stereocenters. The van der Waals surface area contributed by atoms with Gasteiger partial charge in [0.1, 0.15) is 11.9 Å². The van der Waals surface area contributed by atoms with E-state index in [9.17, 15) is 4.79 Å². The summed E-state index contributed by atoms with van der Waals surface area (Å²) in [4.78, 5) is 24.2. The number of pyridine rings is 1. The number of para-hydroxylation sites is 2. The Morgan fingerprint density at radius 1 is 1.36 bits per heavy atom. The summed E-state index contributed by atoms with van der Waals surface area (Å²) in [6.07, 6.45) is 2.81. The molecule has 0 unspecified atom stereocenters. The van der Waals surface area contributed by atoms with E-state index in [1.54, 1.807) is 18.3 Å². The Hall–Kier alpha value is -2.54. The average Bonchev–Trinajstić information content (AvgIpc) is 3.29. The fraction of sp³-hybridized carbons (Fsp3) is 0.278. The zero-order valence-corrected chi connectivity index (χ0v) is 14.4. The zero-order valence-electron chi connectivity index (χ0n) is 13.6. The molecule has 1 aromatic carbocycles. The van der Waals surface area contributed by atoms with E-state index >= 15 is 0 Å². The van der Waals surface area contributed by atoms with E-state index in [0.717, 1.165) is 34.8 Å². The number of ether oxygens (including phenoxy) is 1. The highest BCUT2D eigenvalue weighted by Gasteiger charge is 2.18. The van der Waals surface area contributed by atoms with Crippen LogP contribution in [-0.4, -0.2) is 38.5 Å². The molecule has 128 valence electrons. The van der Waals surface area contributed by atoms with E-state index in [-0.39, 0.29) is 12.0 Å². The lowest BCUT2D eigenvalue weighted by atomic mass is 10.2. The van der Waals surface area contributed by atoms with Crippen LogP contribution in [0.2, 0.25) is 0 Å². The number of thioether (sulfide) groups is 1. The normalized spacial score (nSPS) is 16.9. The van der Waals surface area contributed by atoms with Crippen LogP contribution in [-0.2, 0) is 6.54 Å². The van der Waals surface area contributed by atoms with Gasteiger partial charge < -0.3 is 15.0 Å². The van der Waals surface area contributed by atoms with Crippen LogP contribution in [0, 0.1) is 0 Å². The van der Waals surface area contributed by atoms with Gasteiger partial charge in [0.2, 0.25) is 5.88 Å². The molecule has 2 aromatic heterocycles. The number of hydrogen-bond acceptors (Lipinski definition) is 5. The third-order valence-corrected chi connectivity index (χ3v) is 5.16. The van der Waals surface area contributed by atoms with Gasteiger partial charge in [-0.3, -0.25) is 4.79 Å². The van der Waals surface area contributed by atoms with Gasteiger partial charge in [0.25, 0.3) is 5.91 Å². The van der Waals surface area contributed by atoms with Gasteiger partial charge in [0, 0.05) is 23.6 Å². The number of aromatic amines is 1. The van der Waals surface area contributed by atoms with E-state index in [2.05, 4.69) is 20.3 Å². The number of nitrogens with one attached hydrogen (secondary N) is 2. The van der Waals surface area contributed by atoms with Crippen molar-refractivity contribution >= 4 is 28.7 Å². The molecule has 25 heavy (non-hydrogen) atoms. The topological polar surface area (TPSA) is 79.9 Å². The van der Waals surface area contributed by atoms with Crippen LogP contribution < -0.4 is 10.1 Å². The van der Waals surface area contributed by atoms with Crippen LogP contribution in [0.4, 0.5) is 0 Å². The van der Waals surface area contributed by atoms with E-state index in [4.69, 9.17) is 4.74 Å². The van der Waals surface area contributed by atoms with E-state index in [0.29, 0.717) is 18.0 Å². The standard InChI is InChI=1S/C18H18N4O2S/c23-18(20-10-16-21-14-3-1-2-4-15(14)22-16)12-5-7-19-17(9-12)24-13-6-8-25-11-13/h1-5,7,9,13H,6,8,10-11H2,(H,20,23)(H,21,22)/t13-/m1/s1. The summed E-state index contributed by atoms with van der Waals surface area (Å²) in [6, 6.07) is 11.2. The van der Waals surface area contributed by atoms with Crippen molar-refractivity contribution in [1.29, 1.82) is 0 Å².